The summed E-state index contributed by atoms with van der Waals surface area (Å²) in [4.78, 5) is 34.4. The van der Waals surface area contributed by atoms with Crippen LogP contribution in [0.4, 0.5) is 0 Å². The van der Waals surface area contributed by atoms with Crippen LogP contribution < -0.4 is 0 Å². The molecule has 0 aliphatic carbocycles. The van der Waals surface area contributed by atoms with Gasteiger partial charge in [0.25, 0.3) is 0 Å². The van der Waals surface area contributed by atoms with Gasteiger partial charge in [0, 0.05) is 24.6 Å². The van der Waals surface area contributed by atoms with Crippen molar-refractivity contribution < 1.29 is 24.6 Å². The largest absolute Gasteiger partial charge is 0.481 e. The lowest BCUT2D eigenvalue weighted by molar-refractivity contribution is -0.147. The number of carbonyl (C=O) groups is 3. The predicted octanol–water partition coefficient (Wildman–Crippen LogP) is 0.345. The summed E-state index contributed by atoms with van der Waals surface area (Å²) in [6, 6.07) is -0.977. The first-order valence-corrected chi connectivity index (χ1v) is 7.02. The molecule has 18 heavy (non-hydrogen) atoms. The summed E-state index contributed by atoms with van der Waals surface area (Å²) < 4.78 is 0. The zero-order valence-corrected chi connectivity index (χ0v) is 11.1. The predicted molar refractivity (Wildman–Crippen MR) is 66.9 cm³/mol. The second kappa shape index (κ2) is 6.84. The second-order valence-corrected chi connectivity index (χ2v) is 5.37. The summed E-state index contributed by atoms with van der Waals surface area (Å²) in [5.41, 5.74) is 0. The van der Waals surface area contributed by atoms with E-state index >= 15 is 0 Å². The zero-order valence-electron chi connectivity index (χ0n) is 9.54. The molecule has 0 radical (unpaired) electrons. The van der Waals surface area contributed by atoms with Crippen molar-refractivity contribution in [2.45, 2.75) is 12.5 Å². The number of alkyl halides is 1. The van der Waals surface area contributed by atoms with Crippen molar-refractivity contribution in [2.24, 2.45) is 5.92 Å². The smallest absolute Gasteiger partial charge is 0.327 e. The number of amides is 1. The number of halogens is 1. The van der Waals surface area contributed by atoms with Gasteiger partial charge in [-0.15, -0.1) is 23.4 Å². The molecule has 0 aromatic carbocycles. The number of likely N-dealkylation sites (tertiary alicyclic amines) is 1. The number of thioether (sulfide) groups is 1. The minimum Gasteiger partial charge on any atom is -0.481 e. The number of aliphatic carboxylic acids is 2. The fraction of sp³-hybridized carbons (Fsp3) is 0.700. The number of nitrogens with zero attached hydrogens (tertiary/aromatic N) is 1. The van der Waals surface area contributed by atoms with Crippen LogP contribution >= 0.6 is 23.4 Å². The molecule has 1 amide bonds. The van der Waals surface area contributed by atoms with E-state index < -0.39 is 18.0 Å². The maximum absolute atomic E-state index is 11.7. The van der Waals surface area contributed by atoms with Gasteiger partial charge in [0.2, 0.25) is 5.91 Å². The number of hydrogen-bond acceptors (Lipinski definition) is 4. The van der Waals surface area contributed by atoms with Crippen molar-refractivity contribution >= 4 is 41.2 Å². The van der Waals surface area contributed by atoms with Crippen molar-refractivity contribution in [3.05, 3.63) is 0 Å². The average Bonchev–Trinajstić information content (AvgIpc) is 2.65. The summed E-state index contributed by atoms with van der Waals surface area (Å²) in [6.07, 6.45) is 0.261. The first-order chi connectivity index (χ1) is 8.45. The Kier molecular flexibility index (Phi) is 5.74. The highest BCUT2D eigenvalue weighted by molar-refractivity contribution is 8.00. The SMILES string of the molecule is O=C(O)CSC[C@@H](C(=O)O)N1CC(CCl)CC1=O. The Balaban J connectivity index is 2.59. The number of hydrogen-bond donors (Lipinski definition) is 2. The average molecular weight is 296 g/mol. The highest BCUT2D eigenvalue weighted by Crippen LogP contribution is 2.23. The van der Waals surface area contributed by atoms with E-state index in [2.05, 4.69) is 0 Å². The molecular formula is C10H14ClNO5S. The molecule has 8 heteroatoms. The molecule has 0 aromatic rings. The molecule has 1 saturated heterocycles. The van der Waals surface area contributed by atoms with Gasteiger partial charge in [-0.1, -0.05) is 0 Å². The molecule has 0 aromatic heterocycles. The van der Waals surface area contributed by atoms with Crippen LogP contribution in [0.25, 0.3) is 0 Å². The molecule has 2 N–H and O–H groups in total. The van der Waals surface area contributed by atoms with E-state index in [0.29, 0.717) is 12.4 Å². The van der Waals surface area contributed by atoms with Gasteiger partial charge in [-0.3, -0.25) is 9.59 Å². The summed E-state index contributed by atoms with van der Waals surface area (Å²) in [6.45, 7) is 0.326. The van der Waals surface area contributed by atoms with Gasteiger partial charge in [0.15, 0.2) is 0 Å². The summed E-state index contributed by atoms with van der Waals surface area (Å²) in [7, 11) is 0. The number of rotatable bonds is 7. The van der Waals surface area contributed by atoms with Gasteiger partial charge in [-0.25, -0.2) is 4.79 Å². The van der Waals surface area contributed by atoms with Crippen LogP contribution in [0.5, 0.6) is 0 Å². The molecule has 2 atom stereocenters. The zero-order chi connectivity index (χ0) is 13.7. The normalized spacial score (nSPS) is 21.1. The van der Waals surface area contributed by atoms with Gasteiger partial charge in [0.05, 0.1) is 5.75 Å². The Morgan fingerprint density at radius 1 is 1.50 bits per heavy atom. The second-order valence-electron chi connectivity index (χ2n) is 4.03. The Hall–Kier alpha value is -0.950. The monoisotopic (exact) mass is 295 g/mol. The van der Waals surface area contributed by atoms with Crippen LogP contribution in [0.2, 0.25) is 0 Å². The van der Waals surface area contributed by atoms with Crippen molar-refractivity contribution in [1.82, 2.24) is 4.90 Å². The molecule has 102 valence electrons. The van der Waals surface area contributed by atoms with Crippen LogP contribution in [-0.2, 0) is 14.4 Å². The van der Waals surface area contributed by atoms with E-state index in [4.69, 9.17) is 21.8 Å². The summed E-state index contributed by atoms with van der Waals surface area (Å²) >= 11 is 6.65. The molecule has 0 bridgehead atoms. The van der Waals surface area contributed by atoms with E-state index in [1.807, 2.05) is 0 Å². The topological polar surface area (TPSA) is 94.9 Å². The fourth-order valence-electron chi connectivity index (χ4n) is 1.77. The Labute approximate surface area is 113 Å². The van der Waals surface area contributed by atoms with Crippen LogP contribution in [0.3, 0.4) is 0 Å². The molecule has 1 unspecified atom stereocenters. The van der Waals surface area contributed by atoms with Gasteiger partial charge in [0.1, 0.15) is 6.04 Å². The van der Waals surface area contributed by atoms with Crippen LogP contribution in [0, 0.1) is 5.92 Å². The quantitative estimate of drug-likeness (QED) is 0.658. The van der Waals surface area contributed by atoms with E-state index in [9.17, 15) is 14.4 Å². The van der Waals surface area contributed by atoms with Gasteiger partial charge >= 0.3 is 11.9 Å². The highest BCUT2D eigenvalue weighted by atomic mass is 35.5. The third-order valence-electron chi connectivity index (χ3n) is 2.62. The van der Waals surface area contributed by atoms with Crippen molar-refractivity contribution in [3.63, 3.8) is 0 Å². The Bertz CT molecular complexity index is 351. The molecular weight excluding hydrogens is 282 g/mol. The van der Waals surface area contributed by atoms with Crippen LogP contribution in [0.1, 0.15) is 6.42 Å². The molecule has 1 fully saturated rings. The van der Waals surface area contributed by atoms with Crippen molar-refractivity contribution in [3.8, 4) is 0 Å². The van der Waals surface area contributed by atoms with Gasteiger partial charge in [-0.2, -0.15) is 0 Å². The van der Waals surface area contributed by atoms with E-state index in [1.165, 1.54) is 4.90 Å². The minimum absolute atomic E-state index is 0.0227. The molecule has 0 spiro atoms. The molecule has 0 saturated carbocycles. The molecule has 1 rings (SSSR count). The lowest BCUT2D eigenvalue weighted by Gasteiger charge is -2.24. The fourth-order valence-corrected chi connectivity index (χ4v) is 2.81. The third-order valence-corrected chi connectivity index (χ3v) is 4.06. The number of carbonyl (C=O) groups excluding carboxylic acids is 1. The Morgan fingerprint density at radius 3 is 2.61 bits per heavy atom. The summed E-state index contributed by atoms with van der Waals surface area (Å²) in [5.74, 6) is -2.16. The van der Waals surface area contributed by atoms with E-state index in [-0.39, 0.29) is 29.8 Å². The minimum atomic E-state index is -1.11. The maximum Gasteiger partial charge on any atom is 0.327 e. The lowest BCUT2D eigenvalue weighted by Crippen LogP contribution is -2.44. The third kappa shape index (κ3) is 4.06. The molecule has 1 aliphatic rings. The Morgan fingerprint density at radius 2 is 2.17 bits per heavy atom. The van der Waals surface area contributed by atoms with E-state index in [1.54, 1.807) is 0 Å². The lowest BCUT2D eigenvalue weighted by atomic mass is 10.1. The molecule has 6 nitrogen and oxygen atoms in total. The number of carboxylic acid groups (broad SMARTS) is 2. The maximum atomic E-state index is 11.7. The molecule has 1 aliphatic heterocycles. The summed E-state index contributed by atoms with van der Waals surface area (Å²) in [5, 5.41) is 17.6. The van der Waals surface area contributed by atoms with Crippen molar-refractivity contribution in [2.75, 3.05) is 23.9 Å². The first-order valence-electron chi connectivity index (χ1n) is 5.33. The van der Waals surface area contributed by atoms with Gasteiger partial charge < -0.3 is 15.1 Å². The van der Waals surface area contributed by atoms with Crippen molar-refractivity contribution in [1.29, 1.82) is 0 Å². The standard InChI is InChI=1S/C10H14ClNO5S/c11-2-6-1-8(13)12(3-6)7(10(16)17)4-18-5-9(14)15/h6-7H,1-5H2,(H,14,15)(H,16,17)/t6?,7-/m0/s1. The molecule has 1 heterocycles. The first kappa shape index (κ1) is 15.1. The van der Waals surface area contributed by atoms with E-state index in [0.717, 1.165) is 11.8 Å². The van der Waals surface area contributed by atoms with Gasteiger partial charge in [-0.05, 0) is 5.92 Å². The highest BCUT2D eigenvalue weighted by Gasteiger charge is 2.37. The van der Waals surface area contributed by atoms with Crippen LogP contribution in [-0.4, -0.2) is 62.9 Å². The van der Waals surface area contributed by atoms with Crippen LogP contribution in [0.15, 0.2) is 0 Å². The number of carboxylic acids is 2.